The number of furan rings is 1. The molecule has 3 aromatic rings. The molecule has 164 valence electrons. The number of ether oxygens (including phenoxy) is 1. The zero-order valence-corrected chi connectivity index (χ0v) is 18.0. The molecule has 0 aliphatic heterocycles. The van der Waals surface area contributed by atoms with E-state index in [9.17, 15) is 18.0 Å². The van der Waals surface area contributed by atoms with Crippen LogP contribution in [0, 0.1) is 6.92 Å². The highest BCUT2D eigenvalue weighted by Gasteiger charge is 2.21. The fraction of sp³-hybridized carbons (Fsp3) is 0.250. The number of aromatic nitrogens is 2. The number of aryl methyl sites for hydroxylation is 1. The molecule has 2 heterocycles. The molecule has 2 aromatic heterocycles. The van der Waals surface area contributed by atoms with Gasteiger partial charge < -0.3 is 14.5 Å². The van der Waals surface area contributed by atoms with E-state index in [0.29, 0.717) is 17.9 Å². The second-order valence-electron chi connectivity index (χ2n) is 6.86. The van der Waals surface area contributed by atoms with Crippen LogP contribution in [0.15, 0.2) is 58.1 Å². The van der Waals surface area contributed by atoms with Crippen LogP contribution in [-0.2, 0) is 26.1 Å². The van der Waals surface area contributed by atoms with E-state index >= 15 is 0 Å². The molecule has 0 atom stereocenters. The average Bonchev–Trinajstić information content (AvgIpc) is 3.40. The number of hydrogen-bond acceptors (Lipinski definition) is 7. The van der Waals surface area contributed by atoms with E-state index in [-0.39, 0.29) is 16.3 Å². The molecular weight excluding hydrogens is 424 g/mol. The van der Waals surface area contributed by atoms with Crippen LogP contribution in [-0.4, -0.2) is 55.1 Å². The number of carbonyl (C=O) groups excluding carboxylic acids is 2. The van der Waals surface area contributed by atoms with Gasteiger partial charge in [-0.15, -0.1) is 0 Å². The predicted molar refractivity (Wildman–Crippen MR) is 111 cm³/mol. The minimum atomic E-state index is -3.67. The lowest BCUT2D eigenvalue weighted by molar-refractivity contribution is -0.119. The largest absolute Gasteiger partial charge is 0.452 e. The van der Waals surface area contributed by atoms with Gasteiger partial charge in [0.15, 0.2) is 6.61 Å². The van der Waals surface area contributed by atoms with Crippen molar-refractivity contribution in [1.29, 1.82) is 0 Å². The monoisotopic (exact) mass is 446 g/mol. The number of nitrogens with one attached hydrogen (secondary N) is 1. The Morgan fingerprint density at radius 3 is 2.68 bits per heavy atom. The standard InChI is InChI=1S/C20H22N4O6S/c1-14-5-6-15(11-18(14)31(27,28)23(2)3)22-19(25)13-29-20(26)17-8-7-16(30-17)12-24-10-4-9-21-24/h4-11H,12-13H2,1-3H3,(H,22,25). The first-order valence-electron chi connectivity index (χ1n) is 9.23. The van der Waals surface area contributed by atoms with Gasteiger partial charge in [-0.2, -0.15) is 5.10 Å². The van der Waals surface area contributed by atoms with Crippen LogP contribution in [0.4, 0.5) is 5.69 Å². The maximum atomic E-state index is 12.4. The van der Waals surface area contributed by atoms with Crippen LogP contribution in [0.25, 0.3) is 0 Å². The summed E-state index contributed by atoms with van der Waals surface area (Å²) in [5.41, 5.74) is 0.813. The predicted octanol–water partition coefficient (Wildman–Crippen LogP) is 1.88. The molecule has 0 radical (unpaired) electrons. The number of amides is 1. The lowest BCUT2D eigenvalue weighted by atomic mass is 10.2. The number of carbonyl (C=O) groups is 2. The summed E-state index contributed by atoms with van der Waals surface area (Å²) in [6, 6.07) is 9.36. The Bertz CT molecular complexity index is 1180. The number of rotatable bonds is 8. The van der Waals surface area contributed by atoms with Crippen molar-refractivity contribution in [3.63, 3.8) is 0 Å². The van der Waals surface area contributed by atoms with Crippen LogP contribution in [0.1, 0.15) is 21.9 Å². The van der Waals surface area contributed by atoms with Gasteiger partial charge >= 0.3 is 5.97 Å². The van der Waals surface area contributed by atoms with Crippen LogP contribution in [0.2, 0.25) is 0 Å². The molecule has 0 aliphatic rings. The number of hydrogen-bond donors (Lipinski definition) is 1. The zero-order chi connectivity index (χ0) is 22.6. The summed E-state index contributed by atoms with van der Waals surface area (Å²) >= 11 is 0. The van der Waals surface area contributed by atoms with E-state index in [1.54, 1.807) is 48.3 Å². The Hall–Kier alpha value is -3.44. The number of benzene rings is 1. The molecule has 10 nitrogen and oxygen atoms in total. The molecule has 1 N–H and O–H groups in total. The van der Waals surface area contributed by atoms with Crippen molar-refractivity contribution in [1.82, 2.24) is 14.1 Å². The Morgan fingerprint density at radius 2 is 2.00 bits per heavy atom. The highest BCUT2D eigenvalue weighted by molar-refractivity contribution is 7.89. The molecule has 0 saturated carbocycles. The summed E-state index contributed by atoms with van der Waals surface area (Å²) in [5.74, 6) is -0.936. The molecule has 0 bridgehead atoms. The molecule has 0 spiro atoms. The lowest BCUT2D eigenvalue weighted by Crippen LogP contribution is -2.24. The molecule has 0 aliphatic carbocycles. The lowest BCUT2D eigenvalue weighted by Gasteiger charge is -2.15. The highest BCUT2D eigenvalue weighted by atomic mass is 32.2. The highest BCUT2D eigenvalue weighted by Crippen LogP contribution is 2.22. The van der Waals surface area contributed by atoms with E-state index in [0.717, 1.165) is 4.31 Å². The molecule has 31 heavy (non-hydrogen) atoms. The van der Waals surface area contributed by atoms with Gasteiger partial charge in [0.25, 0.3) is 5.91 Å². The summed E-state index contributed by atoms with van der Waals surface area (Å²) in [6.07, 6.45) is 3.38. The van der Waals surface area contributed by atoms with E-state index in [2.05, 4.69) is 10.4 Å². The molecular formula is C20H22N4O6S. The number of esters is 1. The summed E-state index contributed by atoms with van der Waals surface area (Å²) in [7, 11) is -0.816. The first-order valence-corrected chi connectivity index (χ1v) is 10.7. The Balaban J connectivity index is 1.58. The van der Waals surface area contributed by atoms with Gasteiger partial charge in [0, 0.05) is 32.2 Å². The van der Waals surface area contributed by atoms with Gasteiger partial charge in [0.05, 0.1) is 11.4 Å². The van der Waals surface area contributed by atoms with E-state index in [4.69, 9.17) is 9.15 Å². The van der Waals surface area contributed by atoms with Gasteiger partial charge in [0.2, 0.25) is 15.8 Å². The van der Waals surface area contributed by atoms with Gasteiger partial charge in [-0.1, -0.05) is 6.07 Å². The Morgan fingerprint density at radius 1 is 1.23 bits per heavy atom. The first-order chi connectivity index (χ1) is 14.7. The second kappa shape index (κ2) is 9.14. The van der Waals surface area contributed by atoms with Crippen molar-refractivity contribution in [3.8, 4) is 0 Å². The van der Waals surface area contributed by atoms with Crippen molar-refractivity contribution < 1.29 is 27.2 Å². The van der Waals surface area contributed by atoms with Gasteiger partial charge in [-0.25, -0.2) is 17.5 Å². The quantitative estimate of drug-likeness (QED) is 0.524. The van der Waals surface area contributed by atoms with Gasteiger partial charge in [-0.05, 0) is 42.8 Å². The summed E-state index contributed by atoms with van der Waals surface area (Å²) in [4.78, 5) is 24.4. The summed E-state index contributed by atoms with van der Waals surface area (Å²) in [6.45, 7) is 1.46. The fourth-order valence-corrected chi connectivity index (χ4v) is 3.82. The third-order valence-corrected chi connectivity index (χ3v) is 6.26. The van der Waals surface area contributed by atoms with Crippen molar-refractivity contribution in [2.45, 2.75) is 18.4 Å². The van der Waals surface area contributed by atoms with E-state index in [1.165, 1.54) is 26.2 Å². The molecule has 11 heteroatoms. The van der Waals surface area contributed by atoms with Crippen LogP contribution < -0.4 is 5.32 Å². The summed E-state index contributed by atoms with van der Waals surface area (Å²) in [5, 5.41) is 6.57. The molecule has 0 saturated heterocycles. The van der Waals surface area contributed by atoms with Crippen molar-refractivity contribution >= 4 is 27.6 Å². The van der Waals surface area contributed by atoms with Crippen LogP contribution >= 0.6 is 0 Å². The summed E-state index contributed by atoms with van der Waals surface area (Å²) < 4.78 is 37.9. The Labute approximate surface area is 179 Å². The molecule has 3 rings (SSSR count). The SMILES string of the molecule is Cc1ccc(NC(=O)COC(=O)c2ccc(Cn3cccn3)o2)cc1S(=O)(=O)N(C)C. The van der Waals surface area contributed by atoms with Crippen molar-refractivity contribution in [2.24, 2.45) is 0 Å². The molecule has 0 fully saturated rings. The normalized spacial score (nSPS) is 11.5. The molecule has 1 amide bonds. The Kier molecular flexibility index (Phi) is 6.56. The van der Waals surface area contributed by atoms with Crippen molar-refractivity contribution in [2.75, 3.05) is 26.0 Å². The smallest absolute Gasteiger partial charge is 0.374 e. The van der Waals surface area contributed by atoms with Crippen molar-refractivity contribution in [3.05, 3.63) is 65.9 Å². The minimum Gasteiger partial charge on any atom is -0.452 e. The van der Waals surface area contributed by atoms with Gasteiger partial charge in [0.1, 0.15) is 5.76 Å². The minimum absolute atomic E-state index is 0.0374. The van der Waals surface area contributed by atoms with Gasteiger partial charge in [-0.3, -0.25) is 9.48 Å². The number of anilines is 1. The molecule has 1 aromatic carbocycles. The number of sulfonamides is 1. The topological polar surface area (TPSA) is 124 Å². The maximum absolute atomic E-state index is 12.4. The first kappa shape index (κ1) is 22.2. The molecule has 0 unspecified atom stereocenters. The average molecular weight is 446 g/mol. The fourth-order valence-electron chi connectivity index (χ4n) is 2.68. The third-order valence-electron chi connectivity index (χ3n) is 4.30. The second-order valence-corrected chi connectivity index (χ2v) is 8.98. The van der Waals surface area contributed by atoms with E-state index < -0.39 is 28.5 Å². The van der Waals surface area contributed by atoms with Crippen LogP contribution in [0.3, 0.4) is 0 Å². The maximum Gasteiger partial charge on any atom is 0.374 e. The zero-order valence-electron chi connectivity index (χ0n) is 17.2. The third kappa shape index (κ3) is 5.38. The van der Waals surface area contributed by atoms with E-state index in [1.807, 2.05) is 0 Å². The van der Waals surface area contributed by atoms with Crippen LogP contribution in [0.5, 0.6) is 0 Å². The number of nitrogens with zero attached hydrogens (tertiary/aromatic N) is 3.